The molecule has 118 valence electrons. The molecule has 1 saturated carbocycles. The third-order valence-corrected chi connectivity index (χ3v) is 5.59. The molecule has 3 aromatic rings. The van der Waals surface area contributed by atoms with E-state index in [-0.39, 0.29) is 0 Å². The van der Waals surface area contributed by atoms with Crippen molar-refractivity contribution in [3.8, 4) is 11.3 Å². The standard InChI is InChI=1S/C19H19NO2S/c21-19(22)13-6-7-15-16(10-13)20-18(14-8-9-23-11-14)17(15)12-4-2-1-3-5-12/h6-12,20H,1-5H2,(H,21,22). The van der Waals surface area contributed by atoms with Crippen molar-refractivity contribution in [3.05, 3.63) is 46.2 Å². The van der Waals surface area contributed by atoms with E-state index in [4.69, 9.17) is 0 Å². The van der Waals surface area contributed by atoms with Crippen LogP contribution in [-0.2, 0) is 0 Å². The molecular formula is C19H19NO2S. The number of nitrogens with one attached hydrogen (secondary N) is 1. The summed E-state index contributed by atoms with van der Waals surface area (Å²) >= 11 is 1.69. The molecule has 0 radical (unpaired) electrons. The zero-order chi connectivity index (χ0) is 15.8. The Kier molecular flexibility index (Phi) is 3.69. The Labute approximate surface area is 139 Å². The zero-order valence-electron chi connectivity index (χ0n) is 12.8. The van der Waals surface area contributed by atoms with Gasteiger partial charge in [0, 0.05) is 21.8 Å². The van der Waals surface area contributed by atoms with Crippen LogP contribution in [-0.4, -0.2) is 16.1 Å². The van der Waals surface area contributed by atoms with E-state index in [2.05, 4.69) is 21.8 Å². The van der Waals surface area contributed by atoms with Crippen molar-refractivity contribution in [2.24, 2.45) is 0 Å². The second-order valence-corrected chi connectivity index (χ2v) is 7.11. The van der Waals surface area contributed by atoms with Gasteiger partial charge in [0.05, 0.1) is 11.3 Å². The normalized spacial score (nSPS) is 16.0. The zero-order valence-corrected chi connectivity index (χ0v) is 13.7. The number of thiophene rings is 1. The number of carbonyl (C=O) groups is 1. The van der Waals surface area contributed by atoms with Gasteiger partial charge in [-0.15, -0.1) is 0 Å². The number of rotatable bonds is 3. The lowest BCUT2D eigenvalue weighted by molar-refractivity contribution is 0.0697. The summed E-state index contributed by atoms with van der Waals surface area (Å²) in [4.78, 5) is 14.8. The maximum Gasteiger partial charge on any atom is 0.335 e. The van der Waals surface area contributed by atoms with Gasteiger partial charge in [-0.3, -0.25) is 0 Å². The molecule has 0 spiro atoms. The number of fused-ring (bicyclic) bond motifs is 1. The van der Waals surface area contributed by atoms with Crippen molar-refractivity contribution >= 4 is 28.2 Å². The van der Waals surface area contributed by atoms with Gasteiger partial charge in [0.1, 0.15) is 0 Å². The maximum absolute atomic E-state index is 11.3. The van der Waals surface area contributed by atoms with Crippen molar-refractivity contribution in [2.45, 2.75) is 38.0 Å². The van der Waals surface area contributed by atoms with Crippen LogP contribution in [0.15, 0.2) is 35.0 Å². The van der Waals surface area contributed by atoms with Crippen LogP contribution in [0.1, 0.15) is 53.9 Å². The van der Waals surface area contributed by atoms with Crippen LogP contribution in [0.2, 0.25) is 0 Å². The molecule has 2 N–H and O–H groups in total. The van der Waals surface area contributed by atoms with Crippen LogP contribution in [0.4, 0.5) is 0 Å². The lowest BCUT2D eigenvalue weighted by Crippen LogP contribution is -2.05. The minimum Gasteiger partial charge on any atom is -0.478 e. The summed E-state index contributed by atoms with van der Waals surface area (Å²) in [5.41, 5.74) is 5.05. The minimum absolute atomic E-state index is 0.339. The van der Waals surface area contributed by atoms with Crippen LogP contribution >= 0.6 is 11.3 Å². The molecule has 1 aromatic carbocycles. The van der Waals surface area contributed by atoms with Gasteiger partial charge in [0.15, 0.2) is 0 Å². The van der Waals surface area contributed by atoms with Gasteiger partial charge in [-0.05, 0) is 47.9 Å². The lowest BCUT2D eigenvalue weighted by Gasteiger charge is -2.22. The molecule has 0 atom stereocenters. The number of benzene rings is 1. The predicted molar refractivity (Wildman–Crippen MR) is 94.4 cm³/mol. The van der Waals surface area contributed by atoms with Crippen molar-refractivity contribution in [3.63, 3.8) is 0 Å². The first kappa shape index (κ1) is 14.5. The number of carboxylic acids is 1. The lowest BCUT2D eigenvalue weighted by atomic mass is 9.82. The van der Waals surface area contributed by atoms with Gasteiger partial charge in [-0.2, -0.15) is 11.3 Å². The van der Waals surface area contributed by atoms with E-state index in [0.29, 0.717) is 11.5 Å². The Bertz CT molecular complexity index is 842. The number of hydrogen-bond acceptors (Lipinski definition) is 2. The molecule has 23 heavy (non-hydrogen) atoms. The number of aromatic carboxylic acids is 1. The van der Waals surface area contributed by atoms with Crippen molar-refractivity contribution in [2.75, 3.05) is 0 Å². The van der Waals surface area contributed by atoms with E-state index >= 15 is 0 Å². The summed E-state index contributed by atoms with van der Waals surface area (Å²) in [7, 11) is 0. The highest BCUT2D eigenvalue weighted by molar-refractivity contribution is 7.08. The predicted octanol–water partition coefficient (Wildman–Crippen LogP) is 5.64. The molecule has 4 rings (SSSR count). The highest BCUT2D eigenvalue weighted by Gasteiger charge is 2.24. The Morgan fingerprint density at radius 1 is 1.17 bits per heavy atom. The number of hydrogen-bond donors (Lipinski definition) is 2. The average molecular weight is 325 g/mol. The van der Waals surface area contributed by atoms with Crippen LogP contribution < -0.4 is 0 Å². The van der Waals surface area contributed by atoms with Gasteiger partial charge in [-0.25, -0.2) is 4.79 Å². The minimum atomic E-state index is -0.877. The third kappa shape index (κ3) is 2.57. The molecule has 0 unspecified atom stereocenters. The SMILES string of the molecule is O=C(O)c1ccc2c(C3CCCCC3)c(-c3ccsc3)[nH]c2c1. The molecule has 2 aromatic heterocycles. The molecule has 1 aliphatic carbocycles. The summed E-state index contributed by atoms with van der Waals surface area (Å²) < 4.78 is 0. The first-order valence-corrected chi connectivity index (χ1v) is 9.10. The summed E-state index contributed by atoms with van der Waals surface area (Å²) in [6.45, 7) is 0. The topological polar surface area (TPSA) is 53.1 Å². The van der Waals surface area contributed by atoms with Crippen LogP contribution in [0.5, 0.6) is 0 Å². The second-order valence-electron chi connectivity index (χ2n) is 6.33. The van der Waals surface area contributed by atoms with Crippen LogP contribution in [0.25, 0.3) is 22.2 Å². The van der Waals surface area contributed by atoms with E-state index in [0.717, 1.165) is 5.52 Å². The quantitative estimate of drug-likeness (QED) is 0.654. The van der Waals surface area contributed by atoms with Crippen molar-refractivity contribution in [1.29, 1.82) is 0 Å². The molecule has 2 heterocycles. The van der Waals surface area contributed by atoms with E-state index in [1.54, 1.807) is 23.5 Å². The Balaban J connectivity index is 1.92. The van der Waals surface area contributed by atoms with E-state index in [9.17, 15) is 9.90 Å². The monoisotopic (exact) mass is 325 g/mol. The number of aromatic nitrogens is 1. The molecule has 0 bridgehead atoms. The average Bonchev–Trinajstić information content (AvgIpc) is 3.22. The Morgan fingerprint density at radius 2 is 2.00 bits per heavy atom. The Hall–Kier alpha value is -2.07. The van der Waals surface area contributed by atoms with Gasteiger partial charge in [0.25, 0.3) is 0 Å². The fourth-order valence-electron chi connectivity index (χ4n) is 3.80. The van der Waals surface area contributed by atoms with Gasteiger partial charge < -0.3 is 10.1 Å². The maximum atomic E-state index is 11.3. The highest BCUT2D eigenvalue weighted by atomic mass is 32.1. The molecule has 0 amide bonds. The number of carboxylic acid groups (broad SMARTS) is 1. The van der Waals surface area contributed by atoms with E-state index in [1.165, 1.54) is 54.3 Å². The molecule has 4 heteroatoms. The van der Waals surface area contributed by atoms with E-state index < -0.39 is 5.97 Å². The first-order chi connectivity index (χ1) is 11.2. The summed E-state index contributed by atoms with van der Waals surface area (Å²) in [6, 6.07) is 7.61. The Morgan fingerprint density at radius 3 is 2.70 bits per heavy atom. The number of aromatic amines is 1. The summed E-state index contributed by atoms with van der Waals surface area (Å²) in [5.74, 6) is -0.305. The fraction of sp³-hybridized carbons (Fsp3) is 0.316. The van der Waals surface area contributed by atoms with Crippen LogP contribution in [0, 0.1) is 0 Å². The fourth-order valence-corrected chi connectivity index (χ4v) is 4.45. The molecule has 1 aliphatic rings. The highest BCUT2D eigenvalue weighted by Crippen LogP contribution is 2.42. The molecule has 0 saturated heterocycles. The van der Waals surface area contributed by atoms with Crippen molar-refractivity contribution < 1.29 is 9.90 Å². The molecule has 0 aliphatic heterocycles. The largest absolute Gasteiger partial charge is 0.478 e. The summed E-state index contributed by atoms with van der Waals surface area (Å²) in [6.07, 6.45) is 6.35. The van der Waals surface area contributed by atoms with Crippen molar-refractivity contribution in [1.82, 2.24) is 4.98 Å². The number of H-pyrrole nitrogens is 1. The smallest absolute Gasteiger partial charge is 0.335 e. The van der Waals surface area contributed by atoms with Gasteiger partial charge in [-0.1, -0.05) is 25.3 Å². The third-order valence-electron chi connectivity index (χ3n) is 4.91. The van der Waals surface area contributed by atoms with Gasteiger partial charge >= 0.3 is 5.97 Å². The first-order valence-electron chi connectivity index (χ1n) is 8.15. The second kappa shape index (κ2) is 5.85. The van der Waals surface area contributed by atoms with Crippen LogP contribution in [0.3, 0.4) is 0 Å². The van der Waals surface area contributed by atoms with E-state index in [1.807, 2.05) is 6.07 Å². The van der Waals surface area contributed by atoms with Gasteiger partial charge in [0.2, 0.25) is 0 Å². The molecule has 1 fully saturated rings. The molecule has 3 nitrogen and oxygen atoms in total. The molecular weight excluding hydrogens is 306 g/mol. The summed E-state index contributed by atoms with van der Waals surface area (Å²) in [5, 5.41) is 14.7.